The standard InChI is InChI=1S/C11H24N2O/c1-7-13(8-2)10(12)9(14-6)11(3,4)5/h9,12H,7-8H2,1-6H3. The van der Waals surface area contributed by atoms with Crippen LogP contribution >= 0.6 is 0 Å². The second-order valence-corrected chi connectivity index (χ2v) is 4.54. The Labute approximate surface area is 87.9 Å². The number of nitrogens with zero attached hydrogens (tertiary/aromatic N) is 1. The monoisotopic (exact) mass is 200 g/mol. The van der Waals surface area contributed by atoms with Crippen molar-refractivity contribution in [2.45, 2.75) is 40.7 Å². The Morgan fingerprint density at radius 1 is 1.29 bits per heavy atom. The molecule has 0 aromatic rings. The summed E-state index contributed by atoms with van der Waals surface area (Å²) in [6, 6.07) is 0. The second-order valence-electron chi connectivity index (χ2n) is 4.54. The summed E-state index contributed by atoms with van der Waals surface area (Å²) < 4.78 is 5.39. The minimum absolute atomic E-state index is 0.0194. The number of hydrogen-bond acceptors (Lipinski definition) is 2. The molecule has 84 valence electrons. The summed E-state index contributed by atoms with van der Waals surface area (Å²) in [5.41, 5.74) is -0.0194. The molecule has 0 aromatic heterocycles. The van der Waals surface area contributed by atoms with E-state index in [0.717, 1.165) is 13.1 Å². The molecule has 0 aromatic carbocycles. The van der Waals surface area contributed by atoms with Crippen LogP contribution in [0.1, 0.15) is 34.6 Å². The fourth-order valence-electron chi connectivity index (χ4n) is 1.61. The molecule has 0 fully saturated rings. The minimum Gasteiger partial charge on any atom is -0.373 e. The van der Waals surface area contributed by atoms with E-state index in [-0.39, 0.29) is 11.5 Å². The van der Waals surface area contributed by atoms with Gasteiger partial charge in [-0.05, 0) is 19.3 Å². The highest BCUT2D eigenvalue weighted by molar-refractivity contribution is 5.84. The average molecular weight is 200 g/mol. The fraction of sp³-hybridized carbons (Fsp3) is 0.909. The van der Waals surface area contributed by atoms with Gasteiger partial charge in [-0.2, -0.15) is 0 Å². The van der Waals surface area contributed by atoms with Gasteiger partial charge in [-0.1, -0.05) is 20.8 Å². The van der Waals surface area contributed by atoms with E-state index in [1.165, 1.54) is 0 Å². The van der Waals surface area contributed by atoms with E-state index in [2.05, 4.69) is 34.6 Å². The third kappa shape index (κ3) is 3.29. The van der Waals surface area contributed by atoms with Gasteiger partial charge in [-0.15, -0.1) is 0 Å². The zero-order chi connectivity index (χ0) is 11.4. The minimum atomic E-state index is -0.123. The van der Waals surface area contributed by atoms with Crippen LogP contribution < -0.4 is 0 Å². The summed E-state index contributed by atoms with van der Waals surface area (Å²) >= 11 is 0. The molecular formula is C11H24N2O. The first kappa shape index (κ1) is 13.4. The van der Waals surface area contributed by atoms with E-state index < -0.39 is 0 Å². The van der Waals surface area contributed by atoms with Crippen LogP contribution in [0.15, 0.2) is 0 Å². The molecular weight excluding hydrogens is 176 g/mol. The van der Waals surface area contributed by atoms with E-state index in [0.29, 0.717) is 5.84 Å². The van der Waals surface area contributed by atoms with Crippen molar-refractivity contribution in [3.05, 3.63) is 0 Å². The maximum absolute atomic E-state index is 8.06. The molecule has 0 saturated carbocycles. The molecule has 0 aliphatic carbocycles. The highest BCUT2D eigenvalue weighted by Gasteiger charge is 2.30. The molecule has 0 bridgehead atoms. The summed E-state index contributed by atoms with van der Waals surface area (Å²) in [7, 11) is 1.67. The number of ether oxygens (including phenoxy) is 1. The van der Waals surface area contributed by atoms with E-state index in [1.807, 2.05) is 4.90 Å². The molecule has 14 heavy (non-hydrogen) atoms. The molecule has 0 aliphatic heterocycles. The topological polar surface area (TPSA) is 36.3 Å². The van der Waals surface area contributed by atoms with E-state index >= 15 is 0 Å². The third-order valence-corrected chi connectivity index (χ3v) is 2.37. The van der Waals surface area contributed by atoms with Gasteiger partial charge in [-0.25, -0.2) is 0 Å². The van der Waals surface area contributed by atoms with Crippen molar-refractivity contribution >= 4 is 5.84 Å². The molecule has 0 spiro atoms. The lowest BCUT2D eigenvalue weighted by molar-refractivity contribution is 0.0580. The van der Waals surface area contributed by atoms with Crippen LogP contribution in [0, 0.1) is 10.8 Å². The maximum Gasteiger partial charge on any atom is 0.126 e. The molecule has 0 heterocycles. The lowest BCUT2D eigenvalue weighted by Gasteiger charge is -2.34. The van der Waals surface area contributed by atoms with Crippen LogP contribution in [0.25, 0.3) is 0 Å². The zero-order valence-electron chi connectivity index (χ0n) is 10.3. The normalized spacial score (nSPS) is 13.9. The van der Waals surface area contributed by atoms with Crippen LogP contribution in [-0.2, 0) is 4.74 Å². The number of rotatable bonds is 4. The Hall–Kier alpha value is -0.570. The Kier molecular flexibility index (Phi) is 5.13. The van der Waals surface area contributed by atoms with Gasteiger partial charge in [0.15, 0.2) is 0 Å². The van der Waals surface area contributed by atoms with Crippen molar-refractivity contribution in [2.24, 2.45) is 5.41 Å². The highest BCUT2D eigenvalue weighted by Crippen LogP contribution is 2.23. The van der Waals surface area contributed by atoms with Crippen molar-refractivity contribution in [3.8, 4) is 0 Å². The number of amidine groups is 1. The van der Waals surface area contributed by atoms with Gasteiger partial charge in [0.05, 0.1) is 0 Å². The Balaban J connectivity index is 4.61. The average Bonchev–Trinajstić information content (AvgIpc) is 2.05. The first-order valence-electron chi connectivity index (χ1n) is 5.24. The number of methoxy groups -OCH3 is 1. The predicted octanol–water partition coefficient (Wildman–Crippen LogP) is 2.37. The van der Waals surface area contributed by atoms with Crippen LogP contribution in [0.5, 0.6) is 0 Å². The third-order valence-electron chi connectivity index (χ3n) is 2.37. The molecule has 0 saturated heterocycles. The van der Waals surface area contributed by atoms with E-state index in [9.17, 15) is 0 Å². The molecule has 1 unspecified atom stereocenters. The molecule has 0 amide bonds. The number of nitrogens with one attached hydrogen (secondary N) is 1. The van der Waals surface area contributed by atoms with Crippen molar-refractivity contribution in [1.82, 2.24) is 4.90 Å². The molecule has 3 nitrogen and oxygen atoms in total. The second kappa shape index (κ2) is 5.35. The molecule has 0 radical (unpaired) electrons. The molecule has 0 aliphatic rings. The van der Waals surface area contributed by atoms with E-state index in [4.69, 9.17) is 10.1 Å². The Bertz CT molecular complexity index is 180. The summed E-state index contributed by atoms with van der Waals surface area (Å²) in [6.07, 6.45) is -0.123. The highest BCUT2D eigenvalue weighted by atomic mass is 16.5. The lowest BCUT2D eigenvalue weighted by atomic mass is 9.88. The first-order valence-corrected chi connectivity index (χ1v) is 5.24. The first-order chi connectivity index (χ1) is 6.38. The Morgan fingerprint density at radius 3 is 1.93 bits per heavy atom. The number of hydrogen-bond donors (Lipinski definition) is 1. The molecule has 1 atom stereocenters. The summed E-state index contributed by atoms with van der Waals surface area (Å²) in [5.74, 6) is 0.588. The zero-order valence-corrected chi connectivity index (χ0v) is 10.3. The number of likely N-dealkylation sites (N-methyl/N-ethyl adjacent to an activating group) is 1. The summed E-state index contributed by atoms with van der Waals surface area (Å²) in [5, 5.41) is 8.06. The van der Waals surface area contributed by atoms with Crippen molar-refractivity contribution in [3.63, 3.8) is 0 Å². The van der Waals surface area contributed by atoms with Crippen molar-refractivity contribution < 1.29 is 4.74 Å². The van der Waals surface area contributed by atoms with Gasteiger partial charge in [0.2, 0.25) is 0 Å². The quantitative estimate of drug-likeness (QED) is 0.558. The van der Waals surface area contributed by atoms with Gasteiger partial charge >= 0.3 is 0 Å². The van der Waals surface area contributed by atoms with Crippen molar-refractivity contribution in [2.75, 3.05) is 20.2 Å². The van der Waals surface area contributed by atoms with Crippen LogP contribution in [-0.4, -0.2) is 37.0 Å². The van der Waals surface area contributed by atoms with Crippen LogP contribution in [0.2, 0.25) is 0 Å². The van der Waals surface area contributed by atoms with Gasteiger partial charge in [-0.3, -0.25) is 5.41 Å². The van der Waals surface area contributed by atoms with Gasteiger partial charge in [0, 0.05) is 20.2 Å². The van der Waals surface area contributed by atoms with Gasteiger partial charge < -0.3 is 9.64 Å². The molecule has 3 heteroatoms. The summed E-state index contributed by atoms with van der Waals surface area (Å²) in [6.45, 7) is 12.1. The SMILES string of the molecule is CCN(CC)C(=N)C(OC)C(C)(C)C. The maximum atomic E-state index is 8.06. The summed E-state index contributed by atoms with van der Waals surface area (Å²) in [4.78, 5) is 2.03. The van der Waals surface area contributed by atoms with E-state index in [1.54, 1.807) is 7.11 Å². The lowest BCUT2D eigenvalue weighted by Crippen LogP contribution is -2.45. The smallest absolute Gasteiger partial charge is 0.126 e. The fourth-order valence-corrected chi connectivity index (χ4v) is 1.61. The van der Waals surface area contributed by atoms with Gasteiger partial charge in [0.1, 0.15) is 11.9 Å². The Morgan fingerprint density at radius 2 is 1.71 bits per heavy atom. The van der Waals surface area contributed by atoms with Gasteiger partial charge in [0.25, 0.3) is 0 Å². The molecule has 1 N–H and O–H groups in total. The largest absolute Gasteiger partial charge is 0.373 e. The molecule has 0 rings (SSSR count). The van der Waals surface area contributed by atoms with Crippen molar-refractivity contribution in [1.29, 1.82) is 5.41 Å². The predicted molar refractivity (Wildman–Crippen MR) is 60.9 cm³/mol. The van der Waals surface area contributed by atoms with Crippen LogP contribution in [0.3, 0.4) is 0 Å². The van der Waals surface area contributed by atoms with Crippen LogP contribution in [0.4, 0.5) is 0 Å².